The minimum absolute atomic E-state index is 0.0613. The summed E-state index contributed by atoms with van der Waals surface area (Å²) in [6.45, 7) is 0.780. The first-order valence-electron chi connectivity index (χ1n) is 5.73. The lowest BCUT2D eigenvalue weighted by molar-refractivity contribution is -0.145. The van der Waals surface area contributed by atoms with E-state index in [1.807, 2.05) is 6.07 Å². The van der Waals surface area contributed by atoms with Crippen LogP contribution in [0.5, 0.6) is 5.75 Å². The van der Waals surface area contributed by atoms with Crippen molar-refractivity contribution in [3.8, 4) is 5.75 Å². The smallest absolute Gasteiger partial charge is 0.310 e. The van der Waals surface area contributed by atoms with Gasteiger partial charge in [0, 0.05) is 19.5 Å². The quantitative estimate of drug-likeness (QED) is 0.809. The zero-order valence-electron chi connectivity index (χ0n) is 10.1. The van der Waals surface area contributed by atoms with Crippen molar-refractivity contribution in [1.82, 2.24) is 4.90 Å². The molecule has 1 N–H and O–H groups in total. The zero-order chi connectivity index (χ0) is 13.1. The maximum Gasteiger partial charge on any atom is 0.310 e. The first-order valence-corrected chi connectivity index (χ1v) is 5.73. The average Bonchev–Trinajstić information content (AvgIpc) is 2.70. The summed E-state index contributed by atoms with van der Waals surface area (Å²) >= 11 is 0. The number of benzene rings is 1. The maximum absolute atomic E-state index is 11.8. The Kier molecular flexibility index (Phi) is 3.50. The van der Waals surface area contributed by atoms with E-state index in [0.29, 0.717) is 13.1 Å². The Morgan fingerprint density at radius 1 is 1.56 bits per heavy atom. The molecule has 1 aliphatic rings. The minimum atomic E-state index is -0.375. The molecule has 0 spiro atoms. The zero-order valence-corrected chi connectivity index (χ0v) is 10.1. The average molecular weight is 249 g/mol. The Bertz CT molecular complexity index is 472. The fourth-order valence-corrected chi connectivity index (χ4v) is 2.12. The summed E-state index contributed by atoms with van der Waals surface area (Å²) in [5, 5.41) is 9.35. The molecule has 1 amide bonds. The minimum Gasteiger partial charge on any atom is -0.508 e. The van der Waals surface area contributed by atoms with E-state index in [1.165, 1.54) is 7.11 Å². The molecular weight excluding hydrogens is 234 g/mol. The van der Waals surface area contributed by atoms with Gasteiger partial charge in [-0.2, -0.15) is 0 Å². The molecule has 96 valence electrons. The maximum atomic E-state index is 11.8. The molecule has 0 aromatic heterocycles. The highest BCUT2D eigenvalue weighted by Gasteiger charge is 2.34. The normalized spacial score (nSPS) is 19.1. The van der Waals surface area contributed by atoms with Gasteiger partial charge in [0.25, 0.3) is 0 Å². The van der Waals surface area contributed by atoms with Crippen LogP contribution in [0.15, 0.2) is 24.3 Å². The van der Waals surface area contributed by atoms with Crippen LogP contribution in [0, 0.1) is 5.92 Å². The van der Waals surface area contributed by atoms with Gasteiger partial charge in [-0.1, -0.05) is 12.1 Å². The third-order valence-corrected chi connectivity index (χ3v) is 3.03. The van der Waals surface area contributed by atoms with Crippen molar-refractivity contribution in [2.24, 2.45) is 5.92 Å². The Balaban J connectivity index is 2.02. The molecule has 0 radical (unpaired) electrons. The molecule has 1 aromatic rings. The first-order chi connectivity index (χ1) is 8.60. The summed E-state index contributed by atoms with van der Waals surface area (Å²) in [4.78, 5) is 24.7. The number of esters is 1. The van der Waals surface area contributed by atoms with Crippen LogP contribution < -0.4 is 0 Å². The van der Waals surface area contributed by atoms with Crippen molar-refractivity contribution in [2.45, 2.75) is 13.0 Å². The number of carbonyl (C=O) groups excluding carboxylic acids is 2. The molecule has 1 atom stereocenters. The van der Waals surface area contributed by atoms with Crippen LogP contribution in [-0.2, 0) is 20.9 Å². The number of rotatable bonds is 3. The van der Waals surface area contributed by atoms with Crippen LogP contribution in [-0.4, -0.2) is 35.5 Å². The largest absolute Gasteiger partial charge is 0.508 e. The van der Waals surface area contributed by atoms with Crippen molar-refractivity contribution < 1.29 is 19.4 Å². The van der Waals surface area contributed by atoms with Crippen LogP contribution in [0.1, 0.15) is 12.0 Å². The van der Waals surface area contributed by atoms with Gasteiger partial charge in [-0.3, -0.25) is 9.59 Å². The second kappa shape index (κ2) is 5.08. The van der Waals surface area contributed by atoms with E-state index >= 15 is 0 Å². The fraction of sp³-hybridized carbons (Fsp3) is 0.385. The van der Waals surface area contributed by atoms with Crippen molar-refractivity contribution >= 4 is 11.9 Å². The third kappa shape index (κ3) is 2.61. The number of ether oxygens (including phenoxy) is 1. The van der Waals surface area contributed by atoms with E-state index in [-0.39, 0.29) is 30.0 Å². The van der Waals surface area contributed by atoms with Gasteiger partial charge in [-0.25, -0.2) is 0 Å². The third-order valence-electron chi connectivity index (χ3n) is 3.03. The fourth-order valence-electron chi connectivity index (χ4n) is 2.12. The Morgan fingerprint density at radius 3 is 3.00 bits per heavy atom. The van der Waals surface area contributed by atoms with Crippen molar-refractivity contribution in [1.29, 1.82) is 0 Å². The monoisotopic (exact) mass is 249 g/mol. The lowest BCUT2D eigenvalue weighted by atomic mass is 10.1. The molecule has 1 aliphatic heterocycles. The highest BCUT2D eigenvalue weighted by Crippen LogP contribution is 2.22. The Labute approximate surface area is 105 Å². The number of phenols is 1. The van der Waals surface area contributed by atoms with E-state index in [2.05, 4.69) is 4.74 Å². The molecule has 1 fully saturated rings. The van der Waals surface area contributed by atoms with Crippen LogP contribution in [0.2, 0.25) is 0 Å². The Morgan fingerprint density at radius 2 is 2.33 bits per heavy atom. The van der Waals surface area contributed by atoms with Gasteiger partial charge in [0.15, 0.2) is 0 Å². The van der Waals surface area contributed by atoms with E-state index < -0.39 is 0 Å². The molecule has 2 rings (SSSR count). The number of methoxy groups -OCH3 is 1. The van der Waals surface area contributed by atoms with Crippen LogP contribution in [0.4, 0.5) is 0 Å². The summed E-state index contributed by atoms with van der Waals surface area (Å²) < 4.78 is 4.64. The number of nitrogens with zero attached hydrogens (tertiary/aromatic N) is 1. The predicted octanol–water partition coefficient (Wildman–Crippen LogP) is 0.914. The van der Waals surface area contributed by atoms with Crippen molar-refractivity contribution in [3.05, 3.63) is 29.8 Å². The standard InChI is InChI=1S/C13H15NO4/c1-18-13(17)10-6-12(16)14(8-10)7-9-3-2-4-11(15)5-9/h2-5,10,15H,6-8H2,1H3. The van der Waals surface area contributed by atoms with Gasteiger partial charge >= 0.3 is 5.97 Å². The number of hydrogen-bond acceptors (Lipinski definition) is 4. The van der Waals surface area contributed by atoms with Gasteiger partial charge in [-0.15, -0.1) is 0 Å². The molecule has 5 nitrogen and oxygen atoms in total. The summed E-state index contributed by atoms with van der Waals surface area (Å²) in [7, 11) is 1.32. The highest BCUT2D eigenvalue weighted by atomic mass is 16.5. The number of hydrogen-bond donors (Lipinski definition) is 1. The molecule has 18 heavy (non-hydrogen) atoms. The molecule has 1 heterocycles. The number of phenolic OH excluding ortho intramolecular Hbond substituents is 1. The molecule has 1 aromatic carbocycles. The second-order valence-electron chi connectivity index (χ2n) is 4.37. The van der Waals surface area contributed by atoms with E-state index in [0.717, 1.165) is 5.56 Å². The van der Waals surface area contributed by atoms with Gasteiger partial charge in [0.1, 0.15) is 5.75 Å². The first kappa shape index (κ1) is 12.4. The second-order valence-corrected chi connectivity index (χ2v) is 4.37. The van der Waals surface area contributed by atoms with Crippen molar-refractivity contribution in [2.75, 3.05) is 13.7 Å². The summed E-state index contributed by atoms with van der Waals surface area (Å²) in [5.41, 5.74) is 0.842. The molecule has 0 saturated carbocycles. The van der Waals surface area contributed by atoms with Crippen LogP contribution in [0.3, 0.4) is 0 Å². The molecule has 1 saturated heterocycles. The molecular formula is C13H15NO4. The SMILES string of the molecule is COC(=O)C1CC(=O)N(Cc2cccc(O)c2)C1. The van der Waals surface area contributed by atoms with E-state index in [1.54, 1.807) is 23.1 Å². The van der Waals surface area contributed by atoms with Crippen LogP contribution in [0.25, 0.3) is 0 Å². The summed E-state index contributed by atoms with van der Waals surface area (Å²) in [6.07, 6.45) is 0.200. The molecule has 0 aliphatic carbocycles. The van der Waals surface area contributed by atoms with Gasteiger partial charge < -0.3 is 14.7 Å². The number of likely N-dealkylation sites (tertiary alicyclic amines) is 1. The number of carbonyl (C=O) groups is 2. The van der Waals surface area contributed by atoms with E-state index in [9.17, 15) is 14.7 Å². The predicted molar refractivity (Wildman–Crippen MR) is 63.6 cm³/mol. The van der Waals surface area contributed by atoms with E-state index in [4.69, 9.17) is 0 Å². The number of amides is 1. The molecule has 5 heteroatoms. The lowest BCUT2D eigenvalue weighted by Crippen LogP contribution is -2.26. The van der Waals surface area contributed by atoms with Gasteiger partial charge in [0.2, 0.25) is 5.91 Å². The summed E-state index contributed by atoms with van der Waals surface area (Å²) in [5.74, 6) is -0.612. The molecule has 1 unspecified atom stereocenters. The highest BCUT2D eigenvalue weighted by molar-refractivity contribution is 5.86. The van der Waals surface area contributed by atoms with Crippen LogP contribution >= 0.6 is 0 Å². The summed E-state index contributed by atoms with van der Waals surface area (Å²) in [6, 6.07) is 6.74. The topological polar surface area (TPSA) is 66.8 Å². The lowest BCUT2D eigenvalue weighted by Gasteiger charge is -2.16. The van der Waals surface area contributed by atoms with Crippen molar-refractivity contribution in [3.63, 3.8) is 0 Å². The Hall–Kier alpha value is -2.04. The molecule has 0 bridgehead atoms. The van der Waals surface area contributed by atoms with Gasteiger partial charge in [0.05, 0.1) is 13.0 Å². The van der Waals surface area contributed by atoms with Gasteiger partial charge in [-0.05, 0) is 17.7 Å². The number of aromatic hydroxyl groups is 1.